The van der Waals surface area contributed by atoms with Crippen LogP contribution in [0.5, 0.6) is 5.75 Å². The lowest BCUT2D eigenvalue weighted by Gasteiger charge is -2.19. The zero-order valence-electron chi connectivity index (χ0n) is 15.0. The van der Waals surface area contributed by atoms with Crippen LogP contribution in [-0.4, -0.2) is 21.6 Å². The van der Waals surface area contributed by atoms with Crippen molar-refractivity contribution >= 4 is 10.0 Å². The minimum atomic E-state index is -3.62. The summed E-state index contributed by atoms with van der Waals surface area (Å²) in [4.78, 5) is 0.190. The highest BCUT2D eigenvalue weighted by atomic mass is 32.2. The number of ether oxygens (including phenoxy) is 1. The predicted octanol–water partition coefficient (Wildman–Crippen LogP) is 3.48. The van der Waals surface area contributed by atoms with Crippen LogP contribution in [0.3, 0.4) is 0 Å². The molecule has 4 nitrogen and oxygen atoms in total. The van der Waals surface area contributed by atoms with Crippen molar-refractivity contribution in [1.29, 1.82) is 0 Å². The standard InChI is InChI=1S/C20H22FNO3S/c1-20(2,3)16-10-12-17(13-11-16)26(23,24)22-14-6-7-15-25-19-9-5-4-8-18(19)21/h4-5,8-13,22H,14-15H2,1-3H3. The van der Waals surface area contributed by atoms with Gasteiger partial charge in [0.2, 0.25) is 10.0 Å². The third-order valence-electron chi connectivity index (χ3n) is 3.64. The zero-order valence-corrected chi connectivity index (χ0v) is 15.9. The van der Waals surface area contributed by atoms with Crippen LogP contribution in [0.1, 0.15) is 26.3 Å². The molecule has 0 radical (unpaired) electrons. The van der Waals surface area contributed by atoms with Crippen LogP contribution in [0, 0.1) is 17.7 Å². The molecule has 6 heteroatoms. The number of halogens is 1. The maximum absolute atomic E-state index is 13.3. The summed E-state index contributed by atoms with van der Waals surface area (Å²) in [5.41, 5.74) is 1.01. The fourth-order valence-electron chi connectivity index (χ4n) is 2.14. The Bertz CT molecular complexity index is 905. The molecule has 0 saturated carbocycles. The number of nitrogens with one attached hydrogen (secondary N) is 1. The van der Waals surface area contributed by atoms with E-state index in [1.165, 1.54) is 12.1 Å². The van der Waals surface area contributed by atoms with Crippen molar-refractivity contribution in [2.75, 3.05) is 13.2 Å². The summed E-state index contributed by atoms with van der Waals surface area (Å²) in [6, 6.07) is 12.8. The number of hydrogen-bond acceptors (Lipinski definition) is 3. The topological polar surface area (TPSA) is 55.4 Å². The SMILES string of the molecule is CC(C)(C)c1ccc(S(=O)(=O)NCC#CCOc2ccccc2F)cc1. The van der Waals surface area contributed by atoms with E-state index in [1.807, 2.05) is 12.1 Å². The fourth-order valence-corrected chi connectivity index (χ4v) is 3.06. The Morgan fingerprint density at radius 1 is 1.04 bits per heavy atom. The number of sulfonamides is 1. The van der Waals surface area contributed by atoms with Gasteiger partial charge in [-0.1, -0.05) is 56.9 Å². The number of hydrogen-bond donors (Lipinski definition) is 1. The van der Waals surface area contributed by atoms with Gasteiger partial charge < -0.3 is 4.74 Å². The summed E-state index contributed by atoms with van der Waals surface area (Å²) in [5, 5.41) is 0. The van der Waals surface area contributed by atoms with E-state index < -0.39 is 15.8 Å². The normalized spacial score (nSPS) is 11.5. The molecule has 1 N–H and O–H groups in total. The lowest BCUT2D eigenvalue weighted by molar-refractivity contribution is 0.348. The first-order valence-corrected chi connectivity index (χ1v) is 9.62. The van der Waals surface area contributed by atoms with Gasteiger partial charge in [0.25, 0.3) is 0 Å². The van der Waals surface area contributed by atoms with E-state index in [4.69, 9.17) is 4.74 Å². The Morgan fingerprint density at radius 2 is 1.69 bits per heavy atom. The van der Waals surface area contributed by atoms with Gasteiger partial charge in [-0.2, -0.15) is 4.72 Å². The average molecular weight is 375 g/mol. The highest BCUT2D eigenvalue weighted by molar-refractivity contribution is 7.89. The smallest absolute Gasteiger partial charge is 0.241 e. The molecule has 2 aromatic carbocycles. The van der Waals surface area contributed by atoms with Crippen molar-refractivity contribution in [2.45, 2.75) is 31.1 Å². The molecule has 26 heavy (non-hydrogen) atoms. The van der Waals surface area contributed by atoms with Gasteiger partial charge >= 0.3 is 0 Å². The molecule has 0 amide bonds. The lowest BCUT2D eigenvalue weighted by Crippen LogP contribution is -2.24. The summed E-state index contributed by atoms with van der Waals surface area (Å²) in [6.07, 6.45) is 0. The van der Waals surface area contributed by atoms with Crippen molar-refractivity contribution < 1.29 is 17.5 Å². The minimum Gasteiger partial charge on any atom is -0.478 e. The second kappa shape index (κ2) is 8.35. The molecular formula is C20H22FNO3S. The van der Waals surface area contributed by atoms with Crippen LogP contribution in [0.4, 0.5) is 4.39 Å². The molecular weight excluding hydrogens is 353 g/mol. The summed E-state index contributed by atoms with van der Waals surface area (Å²) < 4.78 is 45.4. The van der Waals surface area contributed by atoms with Gasteiger partial charge in [-0.05, 0) is 35.2 Å². The van der Waals surface area contributed by atoms with E-state index in [2.05, 4.69) is 37.3 Å². The molecule has 2 aromatic rings. The fraction of sp³-hybridized carbons (Fsp3) is 0.300. The summed E-state index contributed by atoms with van der Waals surface area (Å²) >= 11 is 0. The molecule has 0 atom stereocenters. The quantitative estimate of drug-likeness (QED) is 0.814. The van der Waals surface area contributed by atoms with E-state index in [0.29, 0.717) is 0 Å². The Hall–Kier alpha value is -2.36. The van der Waals surface area contributed by atoms with Crippen molar-refractivity contribution in [2.24, 2.45) is 0 Å². The van der Waals surface area contributed by atoms with Gasteiger partial charge in [-0.3, -0.25) is 0 Å². The van der Waals surface area contributed by atoms with Gasteiger partial charge in [0, 0.05) is 0 Å². The Kier molecular flexibility index (Phi) is 6.41. The van der Waals surface area contributed by atoms with Crippen LogP contribution >= 0.6 is 0 Å². The minimum absolute atomic E-state index is 0.0249. The molecule has 0 fully saturated rings. The molecule has 0 unspecified atom stereocenters. The third kappa shape index (κ3) is 5.58. The van der Waals surface area contributed by atoms with Gasteiger partial charge in [0.05, 0.1) is 11.4 Å². The van der Waals surface area contributed by atoms with Crippen LogP contribution in [0.15, 0.2) is 53.4 Å². The monoisotopic (exact) mass is 375 g/mol. The van der Waals surface area contributed by atoms with Gasteiger partial charge in [0.15, 0.2) is 11.6 Å². The second-order valence-electron chi connectivity index (χ2n) is 6.67. The van der Waals surface area contributed by atoms with E-state index in [9.17, 15) is 12.8 Å². The Morgan fingerprint density at radius 3 is 2.31 bits per heavy atom. The number of benzene rings is 2. The van der Waals surface area contributed by atoms with Crippen LogP contribution in [0.2, 0.25) is 0 Å². The third-order valence-corrected chi connectivity index (χ3v) is 5.06. The first-order chi connectivity index (χ1) is 12.2. The van der Waals surface area contributed by atoms with Gasteiger partial charge in [-0.15, -0.1) is 0 Å². The van der Waals surface area contributed by atoms with Crippen molar-refractivity contribution in [3.63, 3.8) is 0 Å². The zero-order chi connectivity index (χ0) is 19.2. The molecule has 0 aliphatic rings. The predicted molar refractivity (Wildman–Crippen MR) is 100 cm³/mol. The molecule has 0 aliphatic carbocycles. The second-order valence-corrected chi connectivity index (χ2v) is 8.44. The maximum atomic E-state index is 13.3. The van der Waals surface area contributed by atoms with Crippen molar-refractivity contribution in [1.82, 2.24) is 4.72 Å². The van der Waals surface area contributed by atoms with E-state index >= 15 is 0 Å². The summed E-state index contributed by atoms with van der Waals surface area (Å²) in [7, 11) is -3.62. The average Bonchev–Trinajstić information content (AvgIpc) is 2.59. The molecule has 0 aliphatic heterocycles. The van der Waals surface area contributed by atoms with Gasteiger partial charge in [-0.25, -0.2) is 12.8 Å². The van der Waals surface area contributed by atoms with E-state index in [1.54, 1.807) is 24.3 Å². The number of rotatable bonds is 5. The van der Waals surface area contributed by atoms with Crippen LogP contribution < -0.4 is 9.46 Å². The van der Waals surface area contributed by atoms with E-state index in [0.717, 1.165) is 5.56 Å². The highest BCUT2D eigenvalue weighted by Crippen LogP contribution is 2.23. The Labute approximate surface area is 154 Å². The van der Waals surface area contributed by atoms with Crippen LogP contribution in [0.25, 0.3) is 0 Å². The molecule has 0 aromatic heterocycles. The number of para-hydroxylation sites is 1. The van der Waals surface area contributed by atoms with E-state index in [-0.39, 0.29) is 29.2 Å². The first-order valence-electron chi connectivity index (χ1n) is 8.13. The molecule has 0 spiro atoms. The van der Waals surface area contributed by atoms with Crippen molar-refractivity contribution in [3.8, 4) is 17.6 Å². The molecule has 0 bridgehead atoms. The Balaban J connectivity index is 1.88. The van der Waals surface area contributed by atoms with Gasteiger partial charge in [0.1, 0.15) is 6.61 Å². The molecule has 138 valence electrons. The molecule has 0 saturated heterocycles. The first kappa shape index (κ1) is 20.0. The highest BCUT2D eigenvalue weighted by Gasteiger charge is 2.16. The maximum Gasteiger partial charge on any atom is 0.241 e. The summed E-state index contributed by atoms with van der Waals surface area (Å²) in [5.74, 6) is 4.95. The molecule has 2 rings (SSSR count). The summed E-state index contributed by atoms with van der Waals surface area (Å²) in [6.45, 7) is 6.11. The largest absolute Gasteiger partial charge is 0.478 e. The lowest BCUT2D eigenvalue weighted by atomic mass is 9.87. The van der Waals surface area contributed by atoms with Crippen LogP contribution in [-0.2, 0) is 15.4 Å². The van der Waals surface area contributed by atoms with Crippen molar-refractivity contribution in [3.05, 3.63) is 59.9 Å². The molecule has 0 heterocycles.